The van der Waals surface area contributed by atoms with Gasteiger partial charge in [-0.05, 0) is 12.1 Å². The van der Waals surface area contributed by atoms with E-state index < -0.39 is 16.1 Å². The number of benzene rings is 1. The van der Waals surface area contributed by atoms with Crippen LogP contribution in [-0.2, 0) is 14.8 Å². The summed E-state index contributed by atoms with van der Waals surface area (Å²) in [5.41, 5.74) is 0.457. The Morgan fingerprint density at radius 2 is 2.24 bits per heavy atom. The summed E-state index contributed by atoms with van der Waals surface area (Å²) in [7, 11) is -3.42. The van der Waals surface area contributed by atoms with Gasteiger partial charge in [-0.1, -0.05) is 18.2 Å². The Balaban J connectivity index is 2.30. The highest BCUT2D eigenvalue weighted by atomic mass is 32.2. The summed E-state index contributed by atoms with van der Waals surface area (Å²) in [5.74, 6) is 0.110. The topological polar surface area (TPSA) is 75.7 Å². The van der Waals surface area contributed by atoms with Gasteiger partial charge in [0.15, 0.2) is 6.10 Å². The molecular formula is C14H18N2O4S. The van der Waals surface area contributed by atoms with Crippen LogP contribution in [0.5, 0.6) is 5.75 Å². The lowest BCUT2D eigenvalue weighted by atomic mass is 10.2. The molecule has 1 aromatic carbocycles. The third kappa shape index (κ3) is 3.55. The van der Waals surface area contributed by atoms with Crippen LogP contribution in [-0.4, -0.2) is 39.8 Å². The number of carbonyl (C=O) groups excluding carboxylic acids is 1. The van der Waals surface area contributed by atoms with Crippen molar-refractivity contribution in [2.75, 3.05) is 23.7 Å². The first-order valence-corrected chi connectivity index (χ1v) is 8.40. The van der Waals surface area contributed by atoms with Gasteiger partial charge in [0.1, 0.15) is 5.75 Å². The minimum atomic E-state index is -3.42. The number of ether oxygens (including phenoxy) is 1. The van der Waals surface area contributed by atoms with Crippen molar-refractivity contribution in [3.05, 3.63) is 36.9 Å². The molecule has 1 amide bonds. The van der Waals surface area contributed by atoms with Gasteiger partial charge in [-0.2, -0.15) is 0 Å². The molecule has 114 valence electrons. The highest BCUT2D eigenvalue weighted by Gasteiger charge is 2.30. The fourth-order valence-corrected chi connectivity index (χ4v) is 3.09. The van der Waals surface area contributed by atoms with Gasteiger partial charge in [0.25, 0.3) is 5.91 Å². The molecule has 1 aliphatic rings. The molecule has 1 atom stereocenters. The number of nitrogens with one attached hydrogen (secondary N) is 1. The van der Waals surface area contributed by atoms with Gasteiger partial charge in [-0.3, -0.25) is 9.10 Å². The molecule has 0 unspecified atom stereocenters. The number of sulfonamides is 1. The number of para-hydroxylation sites is 2. The highest BCUT2D eigenvalue weighted by Crippen LogP contribution is 2.33. The highest BCUT2D eigenvalue weighted by molar-refractivity contribution is 7.92. The standard InChI is InChI=1S/C14H18N2O4S/c1-3-9-15-14(17)13-8-10-16(21(2,18)19)11-6-4-5-7-12(11)20-13/h3-7,13H,1,8-10H2,2H3,(H,15,17)/t13-/m0/s1. The van der Waals surface area contributed by atoms with Crippen molar-refractivity contribution < 1.29 is 17.9 Å². The normalized spacial score (nSPS) is 18.1. The molecular weight excluding hydrogens is 292 g/mol. The maximum absolute atomic E-state index is 12.0. The Morgan fingerprint density at radius 3 is 2.90 bits per heavy atom. The largest absolute Gasteiger partial charge is 0.478 e. The smallest absolute Gasteiger partial charge is 0.261 e. The van der Waals surface area contributed by atoms with Gasteiger partial charge < -0.3 is 10.1 Å². The van der Waals surface area contributed by atoms with Crippen LogP contribution >= 0.6 is 0 Å². The summed E-state index contributed by atoms with van der Waals surface area (Å²) < 4.78 is 30.8. The lowest BCUT2D eigenvalue weighted by Gasteiger charge is -2.20. The summed E-state index contributed by atoms with van der Waals surface area (Å²) in [4.78, 5) is 12.0. The van der Waals surface area contributed by atoms with Gasteiger partial charge in [0, 0.05) is 19.5 Å². The van der Waals surface area contributed by atoms with E-state index >= 15 is 0 Å². The van der Waals surface area contributed by atoms with E-state index in [1.54, 1.807) is 30.3 Å². The van der Waals surface area contributed by atoms with Crippen molar-refractivity contribution in [3.63, 3.8) is 0 Å². The molecule has 21 heavy (non-hydrogen) atoms. The van der Waals surface area contributed by atoms with Gasteiger partial charge in [-0.15, -0.1) is 6.58 Å². The molecule has 0 spiro atoms. The van der Waals surface area contributed by atoms with Crippen molar-refractivity contribution in [3.8, 4) is 5.75 Å². The number of nitrogens with zero attached hydrogens (tertiary/aromatic N) is 1. The second-order valence-corrected chi connectivity index (χ2v) is 6.64. The van der Waals surface area contributed by atoms with Crippen LogP contribution in [0.4, 0.5) is 5.69 Å². The van der Waals surface area contributed by atoms with Crippen molar-refractivity contribution in [1.82, 2.24) is 5.32 Å². The van der Waals surface area contributed by atoms with Crippen molar-refractivity contribution in [2.24, 2.45) is 0 Å². The molecule has 1 aromatic rings. The summed E-state index contributed by atoms with van der Waals surface area (Å²) in [6, 6.07) is 6.80. The Hall–Kier alpha value is -2.02. The zero-order valence-electron chi connectivity index (χ0n) is 11.8. The SMILES string of the molecule is C=CCNC(=O)[C@@H]1CCN(S(C)(=O)=O)c2ccccc2O1. The second kappa shape index (κ2) is 6.17. The fourth-order valence-electron chi connectivity index (χ4n) is 2.15. The summed E-state index contributed by atoms with van der Waals surface area (Å²) in [5, 5.41) is 2.66. The quantitative estimate of drug-likeness (QED) is 0.839. The zero-order valence-corrected chi connectivity index (χ0v) is 12.6. The number of anilines is 1. The predicted octanol–water partition coefficient (Wildman–Crippen LogP) is 0.906. The van der Waals surface area contributed by atoms with Crippen LogP contribution in [0.25, 0.3) is 0 Å². The summed E-state index contributed by atoms with van der Waals surface area (Å²) in [6.45, 7) is 4.07. The summed E-state index contributed by atoms with van der Waals surface area (Å²) in [6.07, 6.45) is 2.27. The number of fused-ring (bicyclic) bond motifs is 1. The second-order valence-electron chi connectivity index (χ2n) is 4.73. The Labute approximate surface area is 124 Å². The molecule has 1 aliphatic heterocycles. The fraction of sp³-hybridized carbons (Fsp3) is 0.357. The molecule has 0 fully saturated rings. The van der Waals surface area contributed by atoms with Crippen molar-refractivity contribution in [1.29, 1.82) is 0 Å². The van der Waals surface area contributed by atoms with E-state index in [-0.39, 0.29) is 18.9 Å². The third-order valence-electron chi connectivity index (χ3n) is 3.11. The molecule has 0 saturated carbocycles. The maximum atomic E-state index is 12.0. The number of carbonyl (C=O) groups is 1. The van der Waals surface area contributed by atoms with Crippen LogP contribution in [0, 0.1) is 0 Å². The Morgan fingerprint density at radius 1 is 1.52 bits per heavy atom. The van der Waals surface area contributed by atoms with Crippen LogP contribution in [0.2, 0.25) is 0 Å². The third-order valence-corrected chi connectivity index (χ3v) is 4.29. The molecule has 7 heteroatoms. The van der Waals surface area contributed by atoms with Crippen LogP contribution in [0.3, 0.4) is 0 Å². The first kappa shape index (κ1) is 15.4. The average Bonchev–Trinajstić information content (AvgIpc) is 2.63. The molecule has 0 aliphatic carbocycles. The zero-order chi connectivity index (χ0) is 15.5. The summed E-state index contributed by atoms with van der Waals surface area (Å²) >= 11 is 0. The van der Waals surface area contributed by atoms with Gasteiger partial charge in [0.2, 0.25) is 10.0 Å². The van der Waals surface area contributed by atoms with E-state index in [1.165, 1.54) is 4.31 Å². The lowest BCUT2D eigenvalue weighted by Crippen LogP contribution is -2.39. The number of amides is 1. The first-order chi connectivity index (χ1) is 9.93. The lowest BCUT2D eigenvalue weighted by molar-refractivity contribution is -0.127. The van der Waals surface area contributed by atoms with E-state index in [0.29, 0.717) is 18.0 Å². The average molecular weight is 310 g/mol. The van der Waals surface area contributed by atoms with E-state index in [1.807, 2.05) is 0 Å². The van der Waals surface area contributed by atoms with Crippen LogP contribution in [0.1, 0.15) is 6.42 Å². The minimum Gasteiger partial charge on any atom is -0.478 e. The van der Waals surface area contributed by atoms with Gasteiger partial charge >= 0.3 is 0 Å². The molecule has 0 bridgehead atoms. The molecule has 1 heterocycles. The van der Waals surface area contributed by atoms with Crippen molar-refractivity contribution >= 4 is 21.6 Å². The molecule has 1 N–H and O–H groups in total. The number of hydrogen-bond acceptors (Lipinski definition) is 4. The minimum absolute atomic E-state index is 0.196. The monoisotopic (exact) mass is 310 g/mol. The van der Waals surface area contributed by atoms with Crippen LogP contribution in [0.15, 0.2) is 36.9 Å². The van der Waals surface area contributed by atoms with Crippen LogP contribution < -0.4 is 14.4 Å². The number of hydrogen-bond donors (Lipinski definition) is 1. The molecule has 0 saturated heterocycles. The Bertz CT molecular complexity index is 642. The van der Waals surface area contributed by atoms with E-state index in [9.17, 15) is 13.2 Å². The molecule has 6 nitrogen and oxygen atoms in total. The van der Waals surface area contributed by atoms with E-state index in [4.69, 9.17) is 4.74 Å². The maximum Gasteiger partial charge on any atom is 0.261 e. The van der Waals surface area contributed by atoms with E-state index in [2.05, 4.69) is 11.9 Å². The Kier molecular flexibility index (Phi) is 4.52. The predicted molar refractivity (Wildman–Crippen MR) is 80.9 cm³/mol. The molecule has 2 rings (SSSR count). The van der Waals surface area contributed by atoms with Crippen molar-refractivity contribution in [2.45, 2.75) is 12.5 Å². The van der Waals surface area contributed by atoms with Gasteiger partial charge in [0.05, 0.1) is 11.9 Å². The van der Waals surface area contributed by atoms with Gasteiger partial charge in [-0.25, -0.2) is 8.42 Å². The number of rotatable bonds is 4. The first-order valence-electron chi connectivity index (χ1n) is 6.55. The molecule has 0 radical (unpaired) electrons. The molecule has 0 aromatic heterocycles. The van der Waals surface area contributed by atoms with E-state index in [0.717, 1.165) is 6.26 Å².